The molecular formula is C12H21N3. The van der Waals surface area contributed by atoms with Gasteiger partial charge in [-0.2, -0.15) is 0 Å². The normalized spacial score (nSPS) is 18.5. The van der Waals surface area contributed by atoms with Gasteiger partial charge < -0.3 is 10.3 Å². The summed E-state index contributed by atoms with van der Waals surface area (Å²) in [5.41, 5.74) is 7.58. The van der Waals surface area contributed by atoms with Crippen molar-refractivity contribution in [3.63, 3.8) is 0 Å². The van der Waals surface area contributed by atoms with Gasteiger partial charge in [0.05, 0.1) is 0 Å². The van der Waals surface area contributed by atoms with E-state index in [-0.39, 0.29) is 5.54 Å². The van der Waals surface area contributed by atoms with Crippen molar-refractivity contribution in [2.24, 2.45) is 5.73 Å². The molecule has 0 aromatic carbocycles. The molecule has 1 aromatic rings. The molecular weight excluding hydrogens is 186 g/mol. The van der Waals surface area contributed by atoms with Crippen LogP contribution < -0.4 is 5.73 Å². The Labute approximate surface area is 91.7 Å². The third-order valence-electron chi connectivity index (χ3n) is 3.35. The van der Waals surface area contributed by atoms with Crippen molar-refractivity contribution in [2.75, 3.05) is 0 Å². The minimum atomic E-state index is 0.153. The molecule has 0 aliphatic heterocycles. The second kappa shape index (κ2) is 3.63. The van der Waals surface area contributed by atoms with E-state index in [9.17, 15) is 0 Å². The lowest BCUT2D eigenvalue weighted by Gasteiger charge is -2.15. The summed E-state index contributed by atoms with van der Waals surface area (Å²) in [6, 6.07) is 0.496. The predicted octanol–water partition coefficient (Wildman–Crippen LogP) is 2.20. The molecule has 3 nitrogen and oxygen atoms in total. The Morgan fingerprint density at radius 1 is 1.53 bits per heavy atom. The molecule has 84 valence electrons. The van der Waals surface area contributed by atoms with Crippen LogP contribution in [-0.2, 0) is 6.42 Å². The van der Waals surface area contributed by atoms with Crippen LogP contribution in [0.15, 0.2) is 6.20 Å². The molecule has 0 saturated heterocycles. The van der Waals surface area contributed by atoms with Crippen molar-refractivity contribution in [1.82, 2.24) is 9.55 Å². The fraction of sp³-hybridized carbons (Fsp3) is 0.750. The van der Waals surface area contributed by atoms with Crippen LogP contribution in [0.25, 0.3) is 0 Å². The zero-order valence-corrected chi connectivity index (χ0v) is 9.95. The molecule has 0 radical (unpaired) electrons. The average Bonchev–Trinajstić information content (AvgIpc) is 2.76. The van der Waals surface area contributed by atoms with Crippen molar-refractivity contribution in [2.45, 2.75) is 58.0 Å². The van der Waals surface area contributed by atoms with Gasteiger partial charge in [0, 0.05) is 23.5 Å². The first kappa shape index (κ1) is 10.7. The second-order valence-corrected chi connectivity index (χ2v) is 5.12. The van der Waals surface area contributed by atoms with E-state index in [4.69, 9.17) is 5.73 Å². The summed E-state index contributed by atoms with van der Waals surface area (Å²) in [6.07, 6.45) is 6.56. The first-order valence-corrected chi connectivity index (χ1v) is 5.83. The molecule has 1 saturated carbocycles. The van der Waals surface area contributed by atoms with Gasteiger partial charge in [-0.25, -0.2) is 4.98 Å². The number of rotatable bonds is 4. The van der Waals surface area contributed by atoms with E-state index < -0.39 is 0 Å². The number of nitrogens with zero attached hydrogens (tertiary/aromatic N) is 2. The monoisotopic (exact) mass is 207 g/mol. The van der Waals surface area contributed by atoms with Crippen LogP contribution in [0.1, 0.15) is 50.7 Å². The van der Waals surface area contributed by atoms with Crippen LogP contribution in [0, 0.1) is 6.92 Å². The molecule has 0 spiro atoms. The lowest BCUT2D eigenvalue weighted by Crippen LogP contribution is -2.23. The molecule has 1 aliphatic rings. The largest absolute Gasteiger partial charge is 0.330 e. The quantitative estimate of drug-likeness (QED) is 0.822. The molecule has 15 heavy (non-hydrogen) atoms. The number of hydrogen-bond acceptors (Lipinski definition) is 2. The molecule has 1 heterocycles. The smallest absolute Gasteiger partial charge is 0.105 e. The summed E-state index contributed by atoms with van der Waals surface area (Å²) in [6.45, 7) is 6.47. The van der Waals surface area contributed by atoms with Crippen molar-refractivity contribution in [3.8, 4) is 0 Å². The standard InChI is InChI=1S/C12H21N3/c1-9(2)15-10(3)14-8-11(15)4-5-12(13)6-7-12/h8-9H,4-7,13H2,1-3H3. The number of nitrogens with two attached hydrogens (primary N) is 1. The Balaban J connectivity index is 2.07. The second-order valence-electron chi connectivity index (χ2n) is 5.12. The summed E-state index contributed by atoms with van der Waals surface area (Å²) >= 11 is 0. The maximum absolute atomic E-state index is 6.10. The highest BCUT2D eigenvalue weighted by Crippen LogP contribution is 2.36. The molecule has 0 atom stereocenters. The highest BCUT2D eigenvalue weighted by Gasteiger charge is 2.37. The first-order valence-electron chi connectivity index (χ1n) is 5.83. The lowest BCUT2D eigenvalue weighted by atomic mass is 10.1. The Hall–Kier alpha value is -0.830. The van der Waals surface area contributed by atoms with E-state index in [1.54, 1.807) is 0 Å². The van der Waals surface area contributed by atoms with Crippen molar-refractivity contribution in [3.05, 3.63) is 17.7 Å². The fourth-order valence-electron chi connectivity index (χ4n) is 2.18. The molecule has 3 heteroatoms. The summed E-state index contributed by atoms with van der Waals surface area (Å²) in [5, 5.41) is 0. The zero-order chi connectivity index (χ0) is 11.1. The summed E-state index contributed by atoms with van der Waals surface area (Å²) in [7, 11) is 0. The highest BCUT2D eigenvalue weighted by atomic mass is 15.1. The van der Waals surface area contributed by atoms with Gasteiger partial charge in [0.2, 0.25) is 0 Å². The third kappa shape index (κ3) is 2.23. The molecule has 0 bridgehead atoms. The first-order chi connectivity index (χ1) is 7.02. The lowest BCUT2D eigenvalue weighted by molar-refractivity contribution is 0.531. The molecule has 1 fully saturated rings. The number of aromatic nitrogens is 2. The maximum atomic E-state index is 6.10. The van der Waals surface area contributed by atoms with Gasteiger partial charge >= 0.3 is 0 Å². The molecule has 1 aliphatic carbocycles. The Kier molecular flexibility index (Phi) is 2.59. The Morgan fingerprint density at radius 3 is 2.73 bits per heavy atom. The SMILES string of the molecule is Cc1ncc(CCC2(N)CC2)n1C(C)C. The van der Waals surface area contributed by atoms with E-state index in [2.05, 4.69) is 30.3 Å². The summed E-state index contributed by atoms with van der Waals surface area (Å²) < 4.78 is 2.31. The Bertz CT molecular complexity index is 348. The minimum Gasteiger partial charge on any atom is -0.330 e. The number of hydrogen-bond donors (Lipinski definition) is 1. The summed E-state index contributed by atoms with van der Waals surface area (Å²) in [4.78, 5) is 4.38. The summed E-state index contributed by atoms with van der Waals surface area (Å²) in [5.74, 6) is 1.11. The van der Waals surface area contributed by atoms with Gasteiger partial charge in [-0.1, -0.05) is 0 Å². The van der Waals surface area contributed by atoms with Gasteiger partial charge in [0.15, 0.2) is 0 Å². The van der Waals surface area contributed by atoms with Crippen LogP contribution in [0.3, 0.4) is 0 Å². The van der Waals surface area contributed by atoms with Gasteiger partial charge in [0.25, 0.3) is 0 Å². The average molecular weight is 207 g/mol. The van der Waals surface area contributed by atoms with E-state index in [0.29, 0.717) is 6.04 Å². The van der Waals surface area contributed by atoms with Crippen molar-refractivity contribution in [1.29, 1.82) is 0 Å². The molecule has 2 N–H and O–H groups in total. The van der Waals surface area contributed by atoms with E-state index in [0.717, 1.165) is 18.7 Å². The van der Waals surface area contributed by atoms with Gasteiger partial charge in [-0.3, -0.25) is 0 Å². The van der Waals surface area contributed by atoms with E-state index in [1.165, 1.54) is 18.5 Å². The van der Waals surface area contributed by atoms with Crippen LogP contribution in [-0.4, -0.2) is 15.1 Å². The molecule has 0 amide bonds. The van der Waals surface area contributed by atoms with Crippen molar-refractivity contribution >= 4 is 0 Å². The predicted molar refractivity (Wildman–Crippen MR) is 61.8 cm³/mol. The number of imidazole rings is 1. The maximum Gasteiger partial charge on any atom is 0.105 e. The van der Waals surface area contributed by atoms with Crippen LogP contribution in [0.2, 0.25) is 0 Å². The molecule has 1 aromatic heterocycles. The van der Waals surface area contributed by atoms with Gasteiger partial charge in [-0.05, 0) is 46.5 Å². The van der Waals surface area contributed by atoms with E-state index in [1.807, 2.05) is 6.20 Å². The zero-order valence-electron chi connectivity index (χ0n) is 9.95. The minimum absolute atomic E-state index is 0.153. The van der Waals surface area contributed by atoms with Crippen LogP contribution in [0.5, 0.6) is 0 Å². The number of aryl methyl sites for hydroxylation is 2. The molecule has 2 rings (SSSR count). The topological polar surface area (TPSA) is 43.8 Å². The van der Waals surface area contributed by atoms with Crippen LogP contribution >= 0.6 is 0 Å². The highest BCUT2D eigenvalue weighted by molar-refractivity contribution is 5.09. The van der Waals surface area contributed by atoms with Crippen molar-refractivity contribution < 1.29 is 0 Å². The Morgan fingerprint density at radius 2 is 2.20 bits per heavy atom. The molecule has 0 unspecified atom stereocenters. The fourth-order valence-corrected chi connectivity index (χ4v) is 2.18. The van der Waals surface area contributed by atoms with Gasteiger partial charge in [0.1, 0.15) is 5.82 Å². The third-order valence-corrected chi connectivity index (χ3v) is 3.35. The van der Waals surface area contributed by atoms with E-state index >= 15 is 0 Å². The van der Waals surface area contributed by atoms with Crippen LogP contribution in [0.4, 0.5) is 0 Å². The van der Waals surface area contributed by atoms with Gasteiger partial charge in [-0.15, -0.1) is 0 Å².